The Morgan fingerprint density at radius 3 is 2.59 bits per heavy atom. The molecule has 0 aliphatic rings. The lowest BCUT2D eigenvalue weighted by Gasteiger charge is -2.10. The number of halogens is 1. The van der Waals surface area contributed by atoms with Gasteiger partial charge >= 0.3 is 0 Å². The zero-order valence-corrected chi connectivity index (χ0v) is 17.9. The number of hydrogen-bond acceptors (Lipinski definition) is 4. The summed E-state index contributed by atoms with van der Waals surface area (Å²) in [7, 11) is 1.93. The summed E-state index contributed by atoms with van der Waals surface area (Å²) in [5, 5.41) is 12.2. The molecule has 27 heavy (non-hydrogen) atoms. The fourth-order valence-electron chi connectivity index (χ4n) is 2.60. The van der Waals surface area contributed by atoms with E-state index in [1.165, 1.54) is 22.9 Å². The number of nitrogens with one attached hydrogen (secondary N) is 1. The van der Waals surface area contributed by atoms with Crippen LogP contribution in [-0.4, -0.2) is 26.4 Å². The fraction of sp³-hybridized carbons (Fsp3) is 0.250. The Morgan fingerprint density at radius 2 is 1.85 bits per heavy atom. The van der Waals surface area contributed by atoms with E-state index in [4.69, 9.17) is 0 Å². The first kappa shape index (κ1) is 19.6. The summed E-state index contributed by atoms with van der Waals surface area (Å²) >= 11 is 4.89. The molecule has 1 amide bonds. The number of amides is 1. The molecule has 0 radical (unpaired) electrons. The Bertz CT molecular complexity index is 956. The van der Waals surface area contributed by atoms with E-state index >= 15 is 0 Å². The van der Waals surface area contributed by atoms with E-state index in [0.29, 0.717) is 6.42 Å². The van der Waals surface area contributed by atoms with Crippen LogP contribution in [0.25, 0.3) is 0 Å². The second-order valence-electron chi connectivity index (χ2n) is 6.37. The predicted molar refractivity (Wildman–Crippen MR) is 113 cm³/mol. The maximum Gasteiger partial charge on any atom is 0.234 e. The summed E-state index contributed by atoms with van der Waals surface area (Å²) in [5.74, 6) is 1.08. The molecule has 0 atom stereocenters. The van der Waals surface area contributed by atoms with Gasteiger partial charge in [-0.15, -0.1) is 10.2 Å². The van der Waals surface area contributed by atoms with E-state index in [-0.39, 0.29) is 11.7 Å². The summed E-state index contributed by atoms with van der Waals surface area (Å²) in [4.78, 5) is 12.3. The summed E-state index contributed by atoms with van der Waals surface area (Å²) in [6, 6.07) is 14.1. The molecule has 0 aliphatic carbocycles. The third-order valence-corrected chi connectivity index (χ3v) is 6.00. The summed E-state index contributed by atoms with van der Waals surface area (Å²) < 4.78 is 2.82. The van der Waals surface area contributed by atoms with Crippen LogP contribution in [0, 0.1) is 13.8 Å². The van der Waals surface area contributed by atoms with Crippen LogP contribution in [0.1, 0.15) is 22.5 Å². The molecule has 0 fully saturated rings. The third-order valence-electron chi connectivity index (χ3n) is 4.32. The van der Waals surface area contributed by atoms with Gasteiger partial charge in [-0.3, -0.25) is 4.79 Å². The minimum absolute atomic E-state index is 0.0726. The Morgan fingerprint density at radius 1 is 1.15 bits per heavy atom. The highest BCUT2D eigenvalue weighted by Gasteiger charge is 2.13. The Labute approximate surface area is 171 Å². The number of hydrogen-bond donors (Lipinski definition) is 1. The highest BCUT2D eigenvalue weighted by atomic mass is 79.9. The normalized spacial score (nSPS) is 10.8. The van der Waals surface area contributed by atoms with Crippen LogP contribution in [0.5, 0.6) is 0 Å². The van der Waals surface area contributed by atoms with Gasteiger partial charge in [0.1, 0.15) is 5.82 Å². The maximum atomic E-state index is 12.3. The standard InChI is InChI=1S/C20H21BrN4OS/c1-13-9-16(21)17(10-14(13)2)22-19(26)12-27-20-24-23-18(25(20)3)11-15-7-5-4-6-8-15/h4-10H,11-12H2,1-3H3,(H,22,26). The average molecular weight is 445 g/mol. The van der Waals surface area contributed by atoms with Crippen molar-refractivity contribution in [2.45, 2.75) is 25.4 Å². The van der Waals surface area contributed by atoms with Crippen molar-refractivity contribution in [2.75, 3.05) is 11.1 Å². The van der Waals surface area contributed by atoms with Gasteiger partial charge in [0, 0.05) is 17.9 Å². The fourth-order valence-corrected chi connectivity index (χ4v) is 3.88. The van der Waals surface area contributed by atoms with Crippen LogP contribution < -0.4 is 5.32 Å². The van der Waals surface area contributed by atoms with Crippen LogP contribution >= 0.6 is 27.7 Å². The van der Waals surface area contributed by atoms with Crippen molar-refractivity contribution in [1.82, 2.24) is 14.8 Å². The molecule has 140 valence electrons. The Hall–Kier alpha value is -2.12. The van der Waals surface area contributed by atoms with Gasteiger partial charge in [-0.1, -0.05) is 42.1 Å². The van der Waals surface area contributed by atoms with E-state index in [9.17, 15) is 4.79 Å². The van der Waals surface area contributed by atoms with Crippen molar-refractivity contribution in [1.29, 1.82) is 0 Å². The molecule has 7 heteroatoms. The van der Waals surface area contributed by atoms with Gasteiger partial charge in [0.25, 0.3) is 0 Å². The zero-order chi connectivity index (χ0) is 19.4. The average Bonchev–Trinajstić information content (AvgIpc) is 2.99. The number of carbonyl (C=O) groups excluding carboxylic acids is 1. The van der Waals surface area contributed by atoms with Crippen molar-refractivity contribution >= 4 is 39.3 Å². The molecule has 0 saturated carbocycles. The van der Waals surface area contributed by atoms with Crippen LogP contribution in [0.4, 0.5) is 5.69 Å². The number of aryl methyl sites for hydroxylation is 2. The Balaban J connectivity index is 1.60. The number of thioether (sulfide) groups is 1. The molecular weight excluding hydrogens is 424 g/mol. The maximum absolute atomic E-state index is 12.3. The molecule has 0 bridgehead atoms. The van der Waals surface area contributed by atoms with Crippen LogP contribution in [0.2, 0.25) is 0 Å². The van der Waals surface area contributed by atoms with E-state index in [0.717, 1.165) is 26.7 Å². The molecule has 0 saturated heterocycles. The first-order chi connectivity index (χ1) is 12.9. The van der Waals surface area contributed by atoms with Crippen molar-refractivity contribution in [3.05, 3.63) is 69.5 Å². The highest BCUT2D eigenvalue weighted by Crippen LogP contribution is 2.26. The lowest BCUT2D eigenvalue weighted by Crippen LogP contribution is -2.15. The molecule has 5 nitrogen and oxygen atoms in total. The first-order valence-corrected chi connectivity index (χ1v) is 10.3. The number of aromatic nitrogens is 3. The largest absolute Gasteiger partial charge is 0.324 e. The van der Waals surface area contributed by atoms with Crippen LogP contribution in [0.15, 0.2) is 52.1 Å². The zero-order valence-electron chi connectivity index (χ0n) is 15.5. The molecule has 0 aliphatic heterocycles. The monoisotopic (exact) mass is 444 g/mol. The Kier molecular flexibility index (Phi) is 6.34. The van der Waals surface area contributed by atoms with E-state index in [2.05, 4.69) is 43.6 Å². The van der Waals surface area contributed by atoms with Gasteiger partial charge in [0.05, 0.1) is 11.4 Å². The van der Waals surface area contributed by atoms with Gasteiger partial charge in [-0.25, -0.2) is 0 Å². The van der Waals surface area contributed by atoms with Gasteiger partial charge in [-0.2, -0.15) is 0 Å². The van der Waals surface area contributed by atoms with Gasteiger partial charge in [-0.05, 0) is 58.6 Å². The smallest absolute Gasteiger partial charge is 0.234 e. The molecule has 0 spiro atoms. The second kappa shape index (κ2) is 8.71. The van der Waals surface area contributed by atoms with Crippen molar-refractivity contribution in [2.24, 2.45) is 7.05 Å². The number of carbonyl (C=O) groups is 1. The topological polar surface area (TPSA) is 59.8 Å². The van der Waals surface area contributed by atoms with E-state index < -0.39 is 0 Å². The number of rotatable bonds is 6. The highest BCUT2D eigenvalue weighted by molar-refractivity contribution is 9.10. The summed E-state index contributed by atoms with van der Waals surface area (Å²) in [6.07, 6.45) is 0.715. The molecule has 1 aromatic heterocycles. The van der Waals surface area contributed by atoms with Crippen molar-refractivity contribution in [3.63, 3.8) is 0 Å². The SMILES string of the molecule is Cc1cc(Br)c(NC(=O)CSc2nnc(Cc3ccccc3)n2C)cc1C. The van der Waals surface area contributed by atoms with Crippen LogP contribution in [-0.2, 0) is 18.3 Å². The van der Waals surface area contributed by atoms with Gasteiger partial charge < -0.3 is 9.88 Å². The molecule has 2 aromatic carbocycles. The van der Waals surface area contributed by atoms with E-state index in [1.807, 2.05) is 55.8 Å². The summed E-state index contributed by atoms with van der Waals surface area (Å²) in [5.41, 5.74) is 4.28. The lowest BCUT2D eigenvalue weighted by atomic mass is 10.1. The van der Waals surface area contributed by atoms with Gasteiger partial charge in [0.2, 0.25) is 5.91 Å². The van der Waals surface area contributed by atoms with Crippen molar-refractivity contribution in [3.8, 4) is 0 Å². The lowest BCUT2D eigenvalue weighted by molar-refractivity contribution is -0.113. The quantitative estimate of drug-likeness (QED) is 0.567. The minimum Gasteiger partial charge on any atom is -0.324 e. The second-order valence-corrected chi connectivity index (χ2v) is 8.17. The number of nitrogens with zero attached hydrogens (tertiary/aromatic N) is 3. The number of benzene rings is 2. The van der Waals surface area contributed by atoms with Crippen LogP contribution in [0.3, 0.4) is 0 Å². The molecule has 3 rings (SSSR count). The van der Waals surface area contributed by atoms with Gasteiger partial charge in [0.15, 0.2) is 5.16 Å². The first-order valence-electron chi connectivity index (χ1n) is 8.55. The third kappa shape index (κ3) is 4.99. The molecular formula is C20H21BrN4OS. The predicted octanol–water partition coefficient (Wildman–Crippen LogP) is 4.52. The van der Waals surface area contributed by atoms with Crippen molar-refractivity contribution < 1.29 is 4.79 Å². The molecule has 1 heterocycles. The molecule has 3 aromatic rings. The molecule has 0 unspecified atom stereocenters. The minimum atomic E-state index is -0.0726. The van der Waals surface area contributed by atoms with E-state index in [1.54, 1.807) is 0 Å². The summed E-state index contributed by atoms with van der Waals surface area (Å²) in [6.45, 7) is 4.07. The molecule has 1 N–H and O–H groups in total. The number of anilines is 1.